The highest BCUT2D eigenvalue weighted by molar-refractivity contribution is 5.94. The van der Waals surface area contributed by atoms with Gasteiger partial charge < -0.3 is 20.3 Å². The van der Waals surface area contributed by atoms with Crippen LogP contribution < -0.4 is 15.4 Å². The maximum atomic E-state index is 12.6. The third-order valence-electron chi connectivity index (χ3n) is 4.51. The molecule has 0 aliphatic rings. The summed E-state index contributed by atoms with van der Waals surface area (Å²) in [5.74, 6) is 0.742. The molecule has 6 nitrogen and oxygen atoms in total. The van der Waals surface area contributed by atoms with Crippen LogP contribution in [0.1, 0.15) is 42.6 Å². The van der Waals surface area contributed by atoms with Crippen LogP contribution in [-0.4, -0.2) is 43.5 Å². The van der Waals surface area contributed by atoms with Crippen LogP contribution in [0.5, 0.6) is 5.75 Å². The number of benzene rings is 2. The molecule has 2 N–H and O–H groups in total. The van der Waals surface area contributed by atoms with Gasteiger partial charge in [-0.25, -0.2) is 0 Å². The van der Waals surface area contributed by atoms with Crippen molar-refractivity contribution in [3.63, 3.8) is 0 Å². The topological polar surface area (TPSA) is 70.7 Å². The van der Waals surface area contributed by atoms with Crippen molar-refractivity contribution >= 4 is 17.5 Å². The van der Waals surface area contributed by atoms with Gasteiger partial charge in [0.2, 0.25) is 5.91 Å². The fourth-order valence-corrected chi connectivity index (χ4v) is 2.96. The molecule has 2 aromatic carbocycles. The monoisotopic (exact) mass is 397 g/mol. The van der Waals surface area contributed by atoms with Crippen molar-refractivity contribution in [3.8, 4) is 5.75 Å². The molecule has 0 fully saturated rings. The van der Waals surface area contributed by atoms with Gasteiger partial charge in [0, 0.05) is 30.9 Å². The Hall–Kier alpha value is -3.02. The lowest BCUT2D eigenvalue weighted by molar-refractivity contribution is -0.119. The zero-order valence-electron chi connectivity index (χ0n) is 17.5. The molecule has 0 aliphatic heterocycles. The number of carbonyl (C=O) groups is 2. The van der Waals surface area contributed by atoms with E-state index in [1.807, 2.05) is 41.3 Å². The Bertz CT molecular complexity index is 767. The average Bonchev–Trinajstić information content (AvgIpc) is 2.76. The second-order valence-corrected chi connectivity index (χ2v) is 6.85. The lowest BCUT2D eigenvalue weighted by Crippen LogP contribution is -2.32. The van der Waals surface area contributed by atoms with Gasteiger partial charge in [-0.2, -0.15) is 0 Å². The number of anilines is 1. The second-order valence-electron chi connectivity index (χ2n) is 6.85. The van der Waals surface area contributed by atoms with E-state index < -0.39 is 0 Å². The Kier molecular flexibility index (Phi) is 9.02. The zero-order valence-corrected chi connectivity index (χ0v) is 17.5. The summed E-state index contributed by atoms with van der Waals surface area (Å²) in [4.78, 5) is 26.5. The summed E-state index contributed by atoms with van der Waals surface area (Å²) in [5.41, 5.74) is 2.48. The van der Waals surface area contributed by atoms with Crippen LogP contribution in [0.4, 0.5) is 5.69 Å². The number of hydrogen-bond donors (Lipinski definition) is 2. The van der Waals surface area contributed by atoms with Gasteiger partial charge in [0.05, 0.1) is 13.7 Å². The third kappa shape index (κ3) is 7.14. The van der Waals surface area contributed by atoms with Crippen LogP contribution in [0, 0.1) is 0 Å². The van der Waals surface area contributed by atoms with Crippen molar-refractivity contribution in [1.82, 2.24) is 10.2 Å². The molecule has 0 unspecified atom stereocenters. The number of rotatable bonds is 11. The number of nitrogens with zero attached hydrogens (tertiary/aromatic N) is 1. The Morgan fingerprint density at radius 3 is 2.10 bits per heavy atom. The summed E-state index contributed by atoms with van der Waals surface area (Å²) in [5, 5.41) is 5.96. The summed E-state index contributed by atoms with van der Waals surface area (Å²) >= 11 is 0. The molecule has 0 radical (unpaired) electrons. The van der Waals surface area contributed by atoms with Gasteiger partial charge in [-0.1, -0.05) is 26.0 Å². The van der Waals surface area contributed by atoms with Crippen LogP contribution in [-0.2, 0) is 11.3 Å². The SMILES string of the molecule is CCCN(CCC)C(=O)c1ccc(NCC(=O)NCc2ccc(OC)cc2)cc1. The maximum absolute atomic E-state index is 12.6. The number of hydrogen-bond acceptors (Lipinski definition) is 4. The van der Waals surface area contributed by atoms with Crippen molar-refractivity contribution in [2.24, 2.45) is 0 Å². The number of ether oxygens (including phenoxy) is 1. The third-order valence-corrected chi connectivity index (χ3v) is 4.51. The van der Waals surface area contributed by atoms with Crippen LogP contribution in [0.15, 0.2) is 48.5 Å². The number of nitrogens with one attached hydrogen (secondary N) is 2. The lowest BCUT2D eigenvalue weighted by Gasteiger charge is -2.21. The quantitative estimate of drug-likeness (QED) is 0.607. The van der Waals surface area contributed by atoms with E-state index in [1.54, 1.807) is 19.2 Å². The minimum Gasteiger partial charge on any atom is -0.497 e. The first-order valence-corrected chi connectivity index (χ1v) is 10.1. The summed E-state index contributed by atoms with van der Waals surface area (Å²) in [6, 6.07) is 14.8. The molecule has 0 bridgehead atoms. The first kappa shape index (κ1) is 22.3. The minimum atomic E-state index is -0.0990. The van der Waals surface area contributed by atoms with Crippen molar-refractivity contribution < 1.29 is 14.3 Å². The van der Waals surface area contributed by atoms with E-state index in [2.05, 4.69) is 24.5 Å². The molecule has 0 saturated carbocycles. The molecule has 0 aromatic heterocycles. The van der Waals surface area contributed by atoms with E-state index in [1.165, 1.54) is 0 Å². The van der Waals surface area contributed by atoms with Gasteiger partial charge in [0.15, 0.2) is 0 Å². The van der Waals surface area contributed by atoms with Crippen LogP contribution in [0.25, 0.3) is 0 Å². The van der Waals surface area contributed by atoms with E-state index in [-0.39, 0.29) is 18.4 Å². The average molecular weight is 398 g/mol. The Labute approximate surface area is 173 Å². The van der Waals surface area contributed by atoms with Crippen molar-refractivity contribution in [2.75, 3.05) is 32.1 Å². The van der Waals surface area contributed by atoms with E-state index in [9.17, 15) is 9.59 Å². The molecule has 2 rings (SSSR count). The Balaban J connectivity index is 1.81. The normalized spacial score (nSPS) is 10.3. The standard InChI is InChI=1S/C23H31N3O3/c1-4-14-26(15-5-2)23(28)19-8-10-20(11-9-19)24-17-22(27)25-16-18-6-12-21(29-3)13-7-18/h6-13,24H,4-5,14-17H2,1-3H3,(H,25,27). The van der Waals surface area contributed by atoms with Gasteiger partial charge in [0.1, 0.15) is 5.75 Å². The highest BCUT2D eigenvalue weighted by Gasteiger charge is 2.14. The summed E-state index contributed by atoms with van der Waals surface area (Å²) in [6.07, 6.45) is 1.88. The van der Waals surface area contributed by atoms with Crippen LogP contribution >= 0.6 is 0 Å². The van der Waals surface area contributed by atoms with Gasteiger partial charge in [0.25, 0.3) is 5.91 Å². The molecule has 0 spiro atoms. The molecule has 0 aliphatic carbocycles. The molecule has 29 heavy (non-hydrogen) atoms. The zero-order chi connectivity index (χ0) is 21.1. The first-order valence-electron chi connectivity index (χ1n) is 10.1. The fraction of sp³-hybridized carbons (Fsp3) is 0.391. The van der Waals surface area contributed by atoms with Crippen molar-refractivity contribution in [2.45, 2.75) is 33.2 Å². The van der Waals surface area contributed by atoms with Crippen molar-refractivity contribution in [1.29, 1.82) is 0 Å². The summed E-state index contributed by atoms with van der Waals surface area (Å²) < 4.78 is 5.12. The van der Waals surface area contributed by atoms with Gasteiger partial charge in [-0.3, -0.25) is 9.59 Å². The molecule has 6 heteroatoms. The van der Waals surface area contributed by atoms with Crippen LogP contribution in [0.3, 0.4) is 0 Å². The predicted molar refractivity (Wildman–Crippen MR) is 116 cm³/mol. The number of methoxy groups -OCH3 is 1. The second kappa shape index (κ2) is 11.7. The summed E-state index contributed by atoms with van der Waals surface area (Å²) in [6.45, 7) is 6.30. The molecular formula is C23H31N3O3. The Morgan fingerprint density at radius 1 is 0.931 bits per heavy atom. The first-order chi connectivity index (χ1) is 14.1. The van der Waals surface area contributed by atoms with Gasteiger partial charge in [-0.05, 0) is 54.8 Å². The molecular weight excluding hydrogens is 366 g/mol. The summed E-state index contributed by atoms with van der Waals surface area (Å²) in [7, 11) is 1.62. The highest BCUT2D eigenvalue weighted by atomic mass is 16.5. The largest absolute Gasteiger partial charge is 0.497 e. The molecule has 2 aromatic rings. The van der Waals surface area contributed by atoms with E-state index in [0.717, 1.165) is 42.9 Å². The van der Waals surface area contributed by atoms with Crippen LogP contribution in [0.2, 0.25) is 0 Å². The van der Waals surface area contributed by atoms with E-state index in [4.69, 9.17) is 4.74 Å². The smallest absolute Gasteiger partial charge is 0.253 e. The Morgan fingerprint density at radius 2 is 1.55 bits per heavy atom. The van der Waals surface area contributed by atoms with Crippen molar-refractivity contribution in [3.05, 3.63) is 59.7 Å². The molecule has 0 atom stereocenters. The lowest BCUT2D eigenvalue weighted by atomic mass is 10.1. The highest BCUT2D eigenvalue weighted by Crippen LogP contribution is 2.13. The van der Waals surface area contributed by atoms with E-state index >= 15 is 0 Å². The molecule has 2 amide bonds. The predicted octanol–water partition coefficient (Wildman–Crippen LogP) is 3.69. The van der Waals surface area contributed by atoms with Gasteiger partial charge >= 0.3 is 0 Å². The number of carbonyl (C=O) groups excluding carboxylic acids is 2. The number of amides is 2. The molecule has 0 heterocycles. The molecule has 0 saturated heterocycles. The molecule has 156 valence electrons. The maximum Gasteiger partial charge on any atom is 0.253 e. The fourth-order valence-electron chi connectivity index (χ4n) is 2.96. The van der Waals surface area contributed by atoms with Gasteiger partial charge in [-0.15, -0.1) is 0 Å². The van der Waals surface area contributed by atoms with E-state index in [0.29, 0.717) is 12.1 Å². The minimum absolute atomic E-state index is 0.0532.